The topological polar surface area (TPSA) is 77.5 Å². The molecule has 6 nitrogen and oxygen atoms in total. The van der Waals surface area contributed by atoms with Gasteiger partial charge in [-0.1, -0.05) is 18.9 Å². The summed E-state index contributed by atoms with van der Waals surface area (Å²) in [4.78, 5) is 18.5. The minimum Gasteiger partial charge on any atom is -0.393 e. The molecule has 1 fully saturated rings. The second kappa shape index (κ2) is 9.35. The first-order chi connectivity index (χ1) is 11.1. The van der Waals surface area contributed by atoms with Gasteiger partial charge >= 0.3 is 6.03 Å². The molecule has 0 aromatic carbocycles. The van der Waals surface area contributed by atoms with Gasteiger partial charge in [-0.2, -0.15) is 0 Å². The fourth-order valence-electron chi connectivity index (χ4n) is 2.65. The van der Waals surface area contributed by atoms with Crippen molar-refractivity contribution in [1.82, 2.24) is 15.6 Å². The second-order valence-electron chi connectivity index (χ2n) is 6.17. The average Bonchev–Trinajstić information content (AvgIpc) is 2.82. The van der Waals surface area contributed by atoms with Crippen LogP contribution in [0.25, 0.3) is 0 Å². The van der Waals surface area contributed by atoms with Gasteiger partial charge in [0, 0.05) is 32.4 Å². The first-order valence-electron chi connectivity index (χ1n) is 8.55. The Kier molecular flexibility index (Phi) is 7.13. The zero-order chi connectivity index (χ0) is 16.5. The molecule has 2 amide bonds. The van der Waals surface area contributed by atoms with Crippen LogP contribution < -0.4 is 15.5 Å². The Morgan fingerprint density at radius 2 is 2.00 bits per heavy atom. The molecule has 0 saturated carbocycles. The Morgan fingerprint density at radius 3 is 2.61 bits per heavy atom. The van der Waals surface area contributed by atoms with Gasteiger partial charge in [0.2, 0.25) is 0 Å². The number of hydrogen-bond acceptors (Lipinski definition) is 4. The number of carbonyl (C=O) groups is 1. The lowest BCUT2D eigenvalue weighted by atomic mass is 10.2. The maximum Gasteiger partial charge on any atom is 0.315 e. The molecule has 1 aromatic heterocycles. The van der Waals surface area contributed by atoms with E-state index in [1.54, 1.807) is 6.92 Å². The highest BCUT2D eigenvalue weighted by Gasteiger charge is 2.10. The number of aliphatic hydroxyl groups is 1. The number of pyridine rings is 1. The molecule has 0 spiro atoms. The number of aromatic nitrogens is 1. The molecule has 1 aliphatic heterocycles. The summed E-state index contributed by atoms with van der Waals surface area (Å²) in [7, 11) is 0. The van der Waals surface area contributed by atoms with Crippen molar-refractivity contribution in [1.29, 1.82) is 0 Å². The van der Waals surface area contributed by atoms with E-state index in [0.29, 0.717) is 19.5 Å². The summed E-state index contributed by atoms with van der Waals surface area (Å²) in [5.41, 5.74) is 0.981. The maximum atomic E-state index is 11.6. The summed E-state index contributed by atoms with van der Waals surface area (Å²) in [5.74, 6) is 1.03. The van der Waals surface area contributed by atoms with Crippen LogP contribution in [-0.2, 0) is 6.54 Å². The van der Waals surface area contributed by atoms with Gasteiger partial charge in [-0.05, 0) is 37.8 Å². The van der Waals surface area contributed by atoms with Crippen LogP contribution in [0, 0.1) is 0 Å². The number of nitrogens with zero attached hydrogens (tertiary/aromatic N) is 2. The van der Waals surface area contributed by atoms with E-state index in [1.807, 2.05) is 18.3 Å². The first kappa shape index (κ1) is 17.5. The van der Waals surface area contributed by atoms with E-state index in [-0.39, 0.29) is 6.03 Å². The molecule has 2 heterocycles. The largest absolute Gasteiger partial charge is 0.393 e. The van der Waals surface area contributed by atoms with Crippen molar-refractivity contribution in [3.8, 4) is 0 Å². The van der Waals surface area contributed by atoms with Crippen molar-refractivity contribution in [3.63, 3.8) is 0 Å². The lowest BCUT2D eigenvalue weighted by Crippen LogP contribution is -2.36. The third kappa shape index (κ3) is 6.44. The molecule has 3 N–H and O–H groups in total. The fraction of sp³-hybridized carbons (Fsp3) is 0.647. The summed E-state index contributed by atoms with van der Waals surface area (Å²) in [6.45, 7) is 4.78. The van der Waals surface area contributed by atoms with Crippen molar-refractivity contribution < 1.29 is 9.90 Å². The fourth-order valence-corrected chi connectivity index (χ4v) is 2.65. The van der Waals surface area contributed by atoms with Gasteiger partial charge < -0.3 is 20.6 Å². The van der Waals surface area contributed by atoms with Crippen LogP contribution in [0.2, 0.25) is 0 Å². The molecule has 1 unspecified atom stereocenters. The van der Waals surface area contributed by atoms with Gasteiger partial charge in [0.05, 0.1) is 6.10 Å². The average molecular weight is 320 g/mol. The van der Waals surface area contributed by atoms with Crippen molar-refractivity contribution in [2.45, 2.75) is 51.7 Å². The number of rotatable bonds is 6. The van der Waals surface area contributed by atoms with Crippen LogP contribution in [0.5, 0.6) is 0 Å². The Bertz CT molecular complexity index is 468. The summed E-state index contributed by atoms with van der Waals surface area (Å²) in [6.07, 6.45) is 7.07. The predicted octanol–water partition coefficient (Wildman–Crippen LogP) is 2.03. The van der Waals surface area contributed by atoms with E-state index in [2.05, 4.69) is 20.5 Å². The number of hydrogen-bond donors (Lipinski definition) is 3. The second-order valence-corrected chi connectivity index (χ2v) is 6.17. The highest BCUT2D eigenvalue weighted by Crippen LogP contribution is 2.17. The van der Waals surface area contributed by atoms with Crippen LogP contribution >= 0.6 is 0 Å². The smallest absolute Gasteiger partial charge is 0.315 e. The third-order valence-electron chi connectivity index (χ3n) is 4.04. The van der Waals surface area contributed by atoms with Gasteiger partial charge in [-0.25, -0.2) is 9.78 Å². The molecule has 0 aliphatic carbocycles. The summed E-state index contributed by atoms with van der Waals surface area (Å²) in [5, 5.41) is 14.7. The van der Waals surface area contributed by atoms with E-state index in [4.69, 9.17) is 5.11 Å². The van der Waals surface area contributed by atoms with Crippen LogP contribution in [-0.4, -0.2) is 41.9 Å². The van der Waals surface area contributed by atoms with Gasteiger partial charge in [0.15, 0.2) is 0 Å². The first-order valence-corrected chi connectivity index (χ1v) is 8.55. The number of carbonyl (C=O) groups excluding carboxylic acids is 1. The Balaban J connectivity index is 1.75. The Hall–Kier alpha value is -1.82. The molecule has 0 bridgehead atoms. The monoisotopic (exact) mass is 320 g/mol. The number of amides is 2. The van der Waals surface area contributed by atoms with Gasteiger partial charge in [0.25, 0.3) is 0 Å². The minimum atomic E-state index is -0.397. The molecule has 1 atom stereocenters. The van der Waals surface area contributed by atoms with Crippen molar-refractivity contribution in [3.05, 3.63) is 23.9 Å². The number of urea groups is 1. The SMILES string of the molecule is CC(O)CCNC(=O)NCc1ccc(N2CCCCCC2)nc1. The van der Waals surface area contributed by atoms with E-state index < -0.39 is 6.10 Å². The third-order valence-corrected chi connectivity index (χ3v) is 4.04. The number of anilines is 1. The lowest BCUT2D eigenvalue weighted by molar-refractivity contribution is 0.183. The zero-order valence-electron chi connectivity index (χ0n) is 13.9. The molecular formula is C17H28N4O2. The lowest BCUT2D eigenvalue weighted by Gasteiger charge is -2.21. The molecule has 1 aliphatic rings. The standard InChI is InChI=1S/C17H28N4O2/c1-14(22)8-9-18-17(23)20-13-15-6-7-16(19-12-15)21-10-4-2-3-5-11-21/h6-7,12,14,22H,2-5,8-11,13H2,1H3,(H2,18,20,23). The Morgan fingerprint density at radius 1 is 1.26 bits per heavy atom. The van der Waals surface area contributed by atoms with Gasteiger partial charge in [0.1, 0.15) is 5.82 Å². The van der Waals surface area contributed by atoms with Gasteiger partial charge in [-0.3, -0.25) is 0 Å². The van der Waals surface area contributed by atoms with Crippen LogP contribution in [0.15, 0.2) is 18.3 Å². The summed E-state index contributed by atoms with van der Waals surface area (Å²) >= 11 is 0. The van der Waals surface area contributed by atoms with E-state index in [1.165, 1.54) is 25.7 Å². The maximum absolute atomic E-state index is 11.6. The van der Waals surface area contributed by atoms with Crippen molar-refractivity contribution in [2.75, 3.05) is 24.5 Å². The molecule has 2 rings (SSSR count). The van der Waals surface area contributed by atoms with E-state index in [0.717, 1.165) is 24.5 Å². The summed E-state index contributed by atoms with van der Waals surface area (Å²) < 4.78 is 0. The van der Waals surface area contributed by atoms with Crippen molar-refractivity contribution in [2.24, 2.45) is 0 Å². The molecule has 6 heteroatoms. The Labute approximate surface area is 138 Å². The van der Waals surface area contributed by atoms with Gasteiger partial charge in [-0.15, -0.1) is 0 Å². The van der Waals surface area contributed by atoms with Crippen LogP contribution in [0.1, 0.15) is 44.6 Å². The quantitative estimate of drug-likeness (QED) is 0.749. The molecule has 1 aromatic rings. The highest BCUT2D eigenvalue weighted by atomic mass is 16.3. The molecule has 0 radical (unpaired) electrons. The molecule has 23 heavy (non-hydrogen) atoms. The van der Waals surface area contributed by atoms with Crippen LogP contribution in [0.3, 0.4) is 0 Å². The molecular weight excluding hydrogens is 292 g/mol. The normalized spacial score (nSPS) is 16.5. The molecule has 128 valence electrons. The minimum absolute atomic E-state index is 0.220. The van der Waals surface area contributed by atoms with E-state index in [9.17, 15) is 4.79 Å². The number of aliphatic hydroxyl groups excluding tert-OH is 1. The van der Waals surface area contributed by atoms with Crippen LogP contribution in [0.4, 0.5) is 10.6 Å². The number of nitrogens with one attached hydrogen (secondary N) is 2. The highest BCUT2D eigenvalue weighted by molar-refractivity contribution is 5.73. The van der Waals surface area contributed by atoms with Crippen molar-refractivity contribution >= 4 is 11.8 Å². The molecule has 1 saturated heterocycles. The zero-order valence-corrected chi connectivity index (χ0v) is 13.9. The summed E-state index contributed by atoms with van der Waals surface area (Å²) in [6, 6.07) is 3.83. The predicted molar refractivity (Wildman–Crippen MR) is 91.5 cm³/mol. The van der Waals surface area contributed by atoms with E-state index >= 15 is 0 Å².